The molecule has 0 saturated carbocycles. The van der Waals surface area contributed by atoms with Crippen LogP contribution in [0.4, 0.5) is 5.13 Å². The summed E-state index contributed by atoms with van der Waals surface area (Å²) in [5.41, 5.74) is 8.52. The Morgan fingerprint density at radius 2 is 1.91 bits per heavy atom. The van der Waals surface area contributed by atoms with Gasteiger partial charge in [0.2, 0.25) is 0 Å². The molecular weight excluding hydrogens is 308 g/mol. The first kappa shape index (κ1) is 17.5. The molecule has 2 N–H and O–H groups in total. The van der Waals surface area contributed by atoms with E-state index in [1.807, 2.05) is 26.2 Å². The van der Waals surface area contributed by atoms with Crippen molar-refractivity contribution in [2.75, 3.05) is 12.3 Å². The van der Waals surface area contributed by atoms with Crippen molar-refractivity contribution in [2.24, 2.45) is 5.41 Å². The van der Waals surface area contributed by atoms with E-state index in [0.717, 1.165) is 30.5 Å². The number of ether oxygens (including phenoxy) is 1. The first-order chi connectivity index (χ1) is 10.9. The van der Waals surface area contributed by atoms with Crippen molar-refractivity contribution in [1.82, 2.24) is 4.98 Å². The van der Waals surface area contributed by atoms with E-state index >= 15 is 0 Å². The summed E-state index contributed by atoms with van der Waals surface area (Å²) < 4.78 is 5.27. The van der Waals surface area contributed by atoms with Crippen LogP contribution >= 0.6 is 11.3 Å². The largest absolute Gasteiger partial charge is 0.465 e. The third-order valence-corrected chi connectivity index (χ3v) is 4.15. The van der Waals surface area contributed by atoms with Gasteiger partial charge in [0.15, 0.2) is 5.13 Å². The molecular formula is C18H24N2O2S. The van der Waals surface area contributed by atoms with E-state index < -0.39 is 5.41 Å². The second kappa shape index (κ2) is 7.59. The molecule has 1 heterocycles. The molecule has 5 heteroatoms. The van der Waals surface area contributed by atoms with Crippen molar-refractivity contribution in [3.05, 3.63) is 35.2 Å². The topological polar surface area (TPSA) is 65.2 Å². The number of esters is 1. The lowest BCUT2D eigenvalue weighted by Crippen LogP contribution is -2.23. The van der Waals surface area contributed by atoms with Crippen LogP contribution in [0.2, 0.25) is 0 Å². The fraction of sp³-hybridized carbons (Fsp3) is 0.444. The summed E-state index contributed by atoms with van der Waals surface area (Å²) in [6, 6.07) is 8.38. The first-order valence-electron chi connectivity index (χ1n) is 7.84. The summed E-state index contributed by atoms with van der Waals surface area (Å²) >= 11 is 1.45. The fourth-order valence-electron chi connectivity index (χ4n) is 2.07. The molecule has 0 unspecified atom stereocenters. The highest BCUT2D eigenvalue weighted by Gasteiger charge is 2.22. The zero-order chi connectivity index (χ0) is 16.9. The number of nitrogens with two attached hydrogens (primary N) is 1. The molecule has 124 valence electrons. The average Bonchev–Trinajstić information content (AvgIpc) is 2.93. The molecule has 1 aromatic carbocycles. The average molecular weight is 332 g/mol. The van der Waals surface area contributed by atoms with Crippen molar-refractivity contribution in [2.45, 2.75) is 40.0 Å². The minimum atomic E-state index is -0.422. The SMILES string of the molecule is CC(C)(C)C(=O)OCCCCc1ccc(-c2csc(N)n2)cc1. The summed E-state index contributed by atoms with van der Waals surface area (Å²) in [7, 11) is 0. The van der Waals surface area contributed by atoms with Crippen LogP contribution in [0.3, 0.4) is 0 Å². The smallest absolute Gasteiger partial charge is 0.311 e. The van der Waals surface area contributed by atoms with Crippen LogP contribution in [0.5, 0.6) is 0 Å². The summed E-state index contributed by atoms with van der Waals surface area (Å²) in [6.45, 7) is 6.10. The number of hydrogen-bond donors (Lipinski definition) is 1. The van der Waals surface area contributed by atoms with Gasteiger partial charge < -0.3 is 10.5 Å². The molecule has 0 aliphatic carbocycles. The number of carbonyl (C=O) groups excluding carboxylic acids is 1. The summed E-state index contributed by atoms with van der Waals surface area (Å²) in [4.78, 5) is 15.9. The molecule has 0 saturated heterocycles. The quantitative estimate of drug-likeness (QED) is 0.632. The van der Waals surface area contributed by atoms with Gasteiger partial charge in [0.25, 0.3) is 0 Å². The predicted octanol–water partition coefficient (Wildman–Crippen LogP) is 4.30. The lowest BCUT2D eigenvalue weighted by atomic mass is 9.97. The second-order valence-electron chi connectivity index (χ2n) is 6.61. The van der Waals surface area contributed by atoms with E-state index in [9.17, 15) is 4.79 Å². The molecule has 23 heavy (non-hydrogen) atoms. The van der Waals surface area contributed by atoms with Crippen molar-refractivity contribution in [3.8, 4) is 11.3 Å². The minimum Gasteiger partial charge on any atom is -0.465 e. The molecule has 0 bridgehead atoms. The highest BCUT2D eigenvalue weighted by atomic mass is 32.1. The lowest BCUT2D eigenvalue weighted by Gasteiger charge is -2.16. The van der Waals surface area contributed by atoms with Gasteiger partial charge in [-0.2, -0.15) is 0 Å². The van der Waals surface area contributed by atoms with Gasteiger partial charge in [-0.1, -0.05) is 24.3 Å². The first-order valence-corrected chi connectivity index (χ1v) is 8.72. The molecule has 0 aliphatic heterocycles. The molecule has 0 fully saturated rings. The number of unbranched alkanes of at least 4 members (excludes halogenated alkanes) is 1. The maximum Gasteiger partial charge on any atom is 0.311 e. The van der Waals surface area contributed by atoms with Crippen LogP contribution in [0.25, 0.3) is 11.3 Å². The molecule has 2 aromatic rings. The summed E-state index contributed by atoms with van der Waals surface area (Å²) in [5.74, 6) is -0.135. The molecule has 4 nitrogen and oxygen atoms in total. The summed E-state index contributed by atoms with van der Waals surface area (Å²) in [6.07, 6.45) is 2.86. The van der Waals surface area contributed by atoms with Crippen LogP contribution in [0.1, 0.15) is 39.2 Å². The third-order valence-electron chi connectivity index (χ3n) is 3.48. The van der Waals surface area contributed by atoms with Gasteiger partial charge in [0, 0.05) is 10.9 Å². The van der Waals surface area contributed by atoms with E-state index in [2.05, 4.69) is 29.2 Å². The summed E-state index contributed by atoms with van der Waals surface area (Å²) in [5, 5.41) is 2.56. The fourth-order valence-corrected chi connectivity index (χ4v) is 2.65. The number of aromatic nitrogens is 1. The number of hydrogen-bond acceptors (Lipinski definition) is 5. The molecule has 0 radical (unpaired) electrons. The minimum absolute atomic E-state index is 0.135. The van der Waals surface area contributed by atoms with Crippen molar-refractivity contribution >= 4 is 22.4 Å². The van der Waals surface area contributed by atoms with Gasteiger partial charge in [-0.05, 0) is 45.6 Å². The Hall–Kier alpha value is -1.88. The standard InChI is InChI=1S/C18H24N2O2S/c1-18(2,3)16(21)22-11-5-4-6-13-7-9-14(10-8-13)15-12-23-17(19)20-15/h7-10,12H,4-6,11H2,1-3H3,(H2,19,20). The number of anilines is 1. The maximum absolute atomic E-state index is 11.6. The second-order valence-corrected chi connectivity index (χ2v) is 7.50. The van der Waals surface area contributed by atoms with Crippen molar-refractivity contribution < 1.29 is 9.53 Å². The Bertz CT molecular complexity index is 642. The van der Waals surface area contributed by atoms with Gasteiger partial charge in [-0.25, -0.2) is 4.98 Å². The Kier molecular flexibility index (Phi) is 5.77. The number of rotatable bonds is 6. The Morgan fingerprint density at radius 1 is 1.22 bits per heavy atom. The van der Waals surface area contributed by atoms with Gasteiger partial charge in [-0.15, -0.1) is 11.3 Å². The zero-order valence-electron chi connectivity index (χ0n) is 14.0. The number of benzene rings is 1. The number of nitrogen functional groups attached to an aromatic ring is 1. The lowest BCUT2D eigenvalue weighted by molar-refractivity contribution is -0.153. The third kappa shape index (κ3) is 5.36. The number of carbonyl (C=O) groups is 1. The number of thiazole rings is 1. The Balaban J connectivity index is 1.73. The van der Waals surface area contributed by atoms with Crippen molar-refractivity contribution in [1.29, 1.82) is 0 Å². The highest BCUT2D eigenvalue weighted by Crippen LogP contribution is 2.23. The van der Waals surface area contributed by atoms with Crippen LogP contribution in [0.15, 0.2) is 29.6 Å². The van der Waals surface area contributed by atoms with Crippen LogP contribution in [0, 0.1) is 5.41 Å². The monoisotopic (exact) mass is 332 g/mol. The van der Waals surface area contributed by atoms with Crippen molar-refractivity contribution in [3.63, 3.8) is 0 Å². The number of nitrogens with zero attached hydrogens (tertiary/aromatic N) is 1. The molecule has 0 amide bonds. The van der Waals surface area contributed by atoms with Crippen LogP contribution in [-0.4, -0.2) is 17.6 Å². The van der Waals surface area contributed by atoms with E-state index in [1.54, 1.807) is 0 Å². The normalized spacial score (nSPS) is 11.4. The van der Waals surface area contributed by atoms with E-state index in [0.29, 0.717) is 11.7 Å². The van der Waals surface area contributed by atoms with Gasteiger partial charge in [-0.3, -0.25) is 4.79 Å². The maximum atomic E-state index is 11.6. The predicted molar refractivity (Wildman–Crippen MR) is 95.3 cm³/mol. The van der Waals surface area contributed by atoms with E-state index in [4.69, 9.17) is 10.5 Å². The molecule has 0 spiro atoms. The number of aryl methyl sites for hydroxylation is 1. The Morgan fingerprint density at radius 3 is 2.48 bits per heavy atom. The highest BCUT2D eigenvalue weighted by molar-refractivity contribution is 7.13. The van der Waals surface area contributed by atoms with Gasteiger partial charge >= 0.3 is 5.97 Å². The molecule has 0 atom stereocenters. The van der Waals surface area contributed by atoms with Crippen LogP contribution in [-0.2, 0) is 16.0 Å². The molecule has 0 aliphatic rings. The molecule has 2 rings (SSSR count). The van der Waals surface area contributed by atoms with E-state index in [-0.39, 0.29) is 5.97 Å². The van der Waals surface area contributed by atoms with E-state index in [1.165, 1.54) is 16.9 Å². The van der Waals surface area contributed by atoms with Gasteiger partial charge in [0.05, 0.1) is 17.7 Å². The van der Waals surface area contributed by atoms with Gasteiger partial charge in [0.1, 0.15) is 0 Å². The Labute approximate surface area is 141 Å². The zero-order valence-corrected chi connectivity index (χ0v) is 14.8. The van der Waals surface area contributed by atoms with Crippen LogP contribution < -0.4 is 5.73 Å². The molecule has 1 aromatic heterocycles.